The quantitative estimate of drug-likeness (QED) is 0.0912. The fourth-order valence-electron chi connectivity index (χ4n) is 3.59. The molecule has 1 aromatic heterocycles. The minimum absolute atomic E-state index is 0.0710. The Hall–Kier alpha value is -4.87. The number of carboxylic acids is 1. The lowest BCUT2D eigenvalue weighted by molar-refractivity contribution is -0.115. The molecule has 5 N–H and O–H groups in total. The van der Waals surface area contributed by atoms with Gasteiger partial charge in [-0.3, -0.25) is 14.4 Å². The van der Waals surface area contributed by atoms with Gasteiger partial charge in [0.15, 0.2) is 0 Å². The number of benzene rings is 3. The van der Waals surface area contributed by atoms with Crippen LogP contribution < -0.4 is 16.0 Å². The second-order valence-corrected chi connectivity index (χ2v) is 11.1. The van der Waals surface area contributed by atoms with E-state index in [1.165, 1.54) is 41.3 Å². The molecule has 0 aliphatic heterocycles. The first-order chi connectivity index (χ1) is 19.7. The normalized spacial score (nSPS) is 11.8. The third-order valence-electron chi connectivity index (χ3n) is 5.63. The molecule has 0 aliphatic carbocycles. The number of hydrogen-bond donors (Lipinski definition) is 5. The van der Waals surface area contributed by atoms with Crippen LogP contribution in [0.4, 0.5) is 11.4 Å². The number of anilines is 2. The number of hydrogen-bond acceptors (Lipinski definition) is 7. The Labute approximate surface area is 243 Å². The molecule has 3 amide bonds. The maximum atomic E-state index is 13.2. The molecule has 0 saturated heterocycles. The van der Waals surface area contributed by atoms with E-state index in [1.807, 2.05) is 17.5 Å². The lowest BCUT2D eigenvalue weighted by atomic mass is 10.2. The van der Waals surface area contributed by atoms with Crippen molar-refractivity contribution in [2.75, 3.05) is 10.6 Å². The van der Waals surface area contributed by atoms with Crippen LogP contribution in [-0.4, -0.2) is 39.2 Å². The second-order valence-electron chi connectivity index (χ2n) is 8.66. The highest BCUT2D eigenvalue weighted by molar-refractivity contribution is 8.00. The number of nitrogens with one attached hydrogen (secondary N) is 3. The van der Waals surface area contributed by atoms with Gasteiger partial charge in [0, 0.05) is 26.7 Å². The number of aromatic hydroxyl groups is 1. The summed E-state index contributed by atoms with van der Waals surface area (Å²) in [6.45, 7) is 1.69. The van der Waals surface area contributed by atoms with Crippen molar-refractivity contribution in [3.8, 4) is 5.75 Å². The maximum Gasteiger partial charge on any atom is 0.339 e. The molecule has 1 atom stereocenters. The predicted octanol–water partition coefficient (Wildman–Crippen LogP) is 5.68. The summed E-state index contributed by atoms with van der Waals surface area (Å²) < 4.78 is 0. The van der Waals surface area contributed by atoms with E-state index >= 15 is 0 Å². The van der Waals surface area contributed by atoms with Gasteiger partial charge in [0.2, 0.25) is 5.91 Å². The molecule has 11 heteroatoms. The number of carbonyl (C=O) groups excluding carboxylic acids is 3. The SMILES string of the molecule is CC(Sc1cccc(NC(=O)/C(=C/c2cccs2)NC(=O)c2ccccc2)c1)C(=O)Nc1ccc(O)c(C(=O)O)c1. The van der Waals surface area contributed by atoms with Gasteiger partial charge in [0.25, 0.3) is 11.8 Å². The highest BCUT2D eigenvalue weighted by atomic mass is 32.2. The van der Waals surface area contributed by atoms with Gasteiger partial charge in [-0.2, -0.15) is 0 Å². The summed E-state index contributed by atoms with van der Waals surface area (Å²) in [5.74, 6) is -3.03. The number of rotatable bonds is 10. The number of thiophene rings is 1. The van der Waals surface area contributed by atoms with Crippen LogP contribution in [0.2, 0.25) is 0 Å². The van der Waals surface area contributed by atoms with Crippen molar-refractivity contribution in [3.05, 3.63) is 112 Å². The zero-order chi connectivity index (χ0) is 29.4. The Morgan fingerprint density at radius 1 is 0.878 bits per heavy atom. The topological polar surface area (TPSA) is 145 Å². The van der Waals surface area contributed by atoms with Crippen LogP contribution >= 0.6 is 23.1 Å². The molecule has 4 aromatic rings. The van der Waals surface area contributed by atoms with Gasteiger partial charge in [0.05, 0.1) is 5.25 Å². The van der Waals surface area contributed by atoms with Crippen LogP contribution in [0.25, 0.3) is 6.08 Å². The van der Waals surface area contributed by atoms with Crippen molar-refractivity contribution in [1.82, 2.24) is 5.32 Å². The lowest BCUT2D eigenvalue weighted by Crippen LogP contribution is -2.30. The van der Waals surface area contributed by atoms with Gasteiger partial charge in [-0.15, -0.1) is 23.1 Å². The summed E-state index contributed by atoms with van der Waals surface area (Å²) in [6.07, 6.45) is 1.60. The highest BCUT2D eigenvalue weighted by Gasteiger charge is 2.18. The first kappa shape index (κ1) is 29.1. The summed E-state index contributed by atoms with van der Waals surface area (Å²) in [6, 6.07) is 23.0. The second kappa shape index (κ2) is 13.5. The molecular formula is C30H25N3O6S2. The Morgan fingerprint density at radius 3 is 2.34 bits per heavy atom. The number of thioether (sulfide) groups is 1. The number of phenols is 1. The molecule has 3 aromatic carbocycles. The molecule has 0 spiro atoms. The average molecular weight is 588 g/mol. The molecule has 208 valence electrons. The van der Waals surface area contributed by atoms with Crippen LogP contribution in [-0.2, 0) is 9.59 Å². The van der Waals surface area contributed by atoms with E-state index in [-0.39, 0.29) is 22.9 Å². The first-order valence-corrected chi connectivity index (χ1v) is 14.0. The van der Waals surface area contributed by atoms with Crippen molar-refractivity contribution < 1.29 is 29.4 Å². The van der Waals surface area contributed by atoms with E-state index in [9.17, 15) is 29.4 Å². The summed E-state index contributed by atoms with van der Waals surface area (Å²) in [5, 5.41) is 28.3. The van der Waals surface area contributed by atoms with E-state index in [2.05, 4.69) is 16.0 Å². The summed E-state index contributed by atoms with van der Waals surface area (Å²) >= 11 is 2.66. The van der Waals surface area contributed by atoms with Crippen molar-refractivity contribution >= 4 is 64.2 Å². The fourth-order valence-corrected chi connectivity index (χ4v) is 5.17. The van der Waals surface area contributed by atoms with Gasteiger partial charge in [-0.25, -0.2) is 4.79 Å². The number of carboxylic acid groups (broad SMARTS) is 1. The average Bonchev–Trinajstić information content (AvgIpc) is 3.47. The molecule has 0 aliphatic rings. The third-order valence-corrected chi connectivity index (χ3v) is 7.54. The number of amides is 3. The first-order valence-electron chi connectivity index (χ1n) is 12.3. The molecule has 1 unspecified atom stereocenters. The van der Waals surface area contributed by atoms with Crippen molar-refractivity contribution in [3.63, 3.8) is 0 Å². The molecule has 1 heterocycles. The highest BCUT2D eigenvalue weighted by Crippen LogP contribution is 2.28. The summed E-state index contributed by atoms with van der Waals surface area (Å²) in [5.41, 5.74) is 0.861. The third kappa shape index (κ3) is 8.07. The van der Waals surface area contributed by atoms with Crippen molar-refractivity contribution in [2.24, 2.45) is 0 Å². The van der Waals surface area contributed by atoms with Gasteiger partial charge in [-0.1, -0.05) is 30.3 Å². The van der Waals surface area contributed by atoms with Crippen molar-refractivity contribution in [2.45, 2.75) is 17.1 Å². The maximum absolute atomic E-state index is 13.2. The molecule has 9 nitrogen and oxygen atoms in total. The molecule has 4 rings (SSSR count). The van der Waals surface area contributed by atoms with Crippen LogP contribution in [0.1, 0.15) is 32.5 Å². The van der Waals surface area contributed by atoms with E-state index in [0.29, 0.717) is 16.1 Å². The molecule has 0 bridgehead atoms. The van der Waals surface area contributed by atoms with Crippen molar-refractivity contribution in [1.29, 1.82) is 0 Å². The van der Waals surface area contributed by atoms with Gasteiger partial charge >= 0.3 is 5.97 Å². The summed E-state index contributed by atoms with van der Waals surface area (Å²) in [4.78, 5) is 51.5. The molecule has 0 saturated carbocycles. The molecular weight excluding hydrogens is 562 g/mol. The van der Waals surface area contributed by atoms with Gasteiger partial charge < -0.3 is 26.2 Å². The van der Waals surface area contributed by atoms with Gasteiger partial charge in [0.1, 0.15) is 17.0 Å². The Balaban J connectivity index is 1.44. The monoisotopic (exact) mass is 587 g/mol. The fraction of sp³-hybridized carbons (Fsp3) is 0.0667. The van der Waals surface area contributed by atoms with Gasteiger partial charge in [-0.05, 0) is 73.0 Å². The summed E-state index contributed by atoms with van der Waals surface area (Å²) in [7, 11) is 0. The van der Waals surface area contributed by atoms with Crippen LogP contribution in [0.3, 0.4) is 0 Å². The largest absolute Gasteiger partial charge is 0.507 e. The Morgan fingerprint density at radius 2 is 1.63 bits per heavy atom. The standard InChI is InChI=1S/C30H25N3O6S2/c1-18(27(35)31-21-12-13-26(34)24(16-21)30(38)39)41-23-10-5-9-20(15-23)32-29(37)25(17-22-11-6-14-40-22)33-28(36)19-7-3-2-4-8-19/h2-18,34H,1H3,(H,31,35)(H,32,37)(H,33,36)(H,38,39)/b25-17-. The molecule has 0 radical (unpaired) electrons. The minimum Gasteiger partial charge on any atom is -0.507 e. The van der Waals surface area contributed by atoms with E-state index < -0.39 is 28.8 Å². The number of aromatic carboxylic acids is 1. The molecule has 0 fully saturated rings. The Bertz CT molecular complexity index is 1600. The van der Waals surface area contributed by atoms with Crippen LogP contribution in [0.5, 0.6) is 5.75 Å². The van der Waals surface area contributed by atoms with E-state index in [4.69, 9.17) is 0 Å². The lowest BCUT2D eigenvalue weighted by Gasteiger charge is -2.14. The number of carbonyl (C=O) groups is 4. The Kier molecular flexibility index (Phi) is 9.56. The van der Waals surface area contributed by atoms with E-state index in [1.54, 1.807) is 67.6 Å². The van der Waals surface area contributed by atoms with E-state index in [0.717, 1.165) is 4.88 Å². The zero-order valence-corrected chi connectivity index (χ0v) is 23.3. The van der Waals surface area contributed by atoms with Crippen LogP contribution in [0, 0.1) is 0 Å². The zero-order valence-electron chi connectivity index (χ0n) is 21.7. The predicted molar refractivity (Wildman–Crippen MR) is 160 cm³/mol. The smallest absolute Gasteiger partial charge is 0.339 e. The minimum atomic E-state index is -1.31. The molecule has 41 heavy (non-hydrogen) atoms. The van der Waals surface area contributed by atoms with Crippen LogP contribution in [0.15, 0.2) is 101 Å².